The fourth-order valence-electron chi connectivity index (χ4n) is 1.44. The van der Waals surface area contributed by atoms with Crippen molar-refractivity contribution >= 4 is 0 Å². The van der Waals surface area contributed by atoms with Gasteiger partial charge in [0, 0.05) is 19.2 Å². The summed E-state index contributed by atoms with van der Waals surface area (Å²) in [5.74, 6) is 0.297. The number of halogens is 1. The molecule has 0 saturated heterocycles. The number of ether oxygens (including phenoxy) is 2. The van der Waals surface area contributed by atoms with E-state index in [1.54, 1.807) is 12.1 Å². The summed E-state index contributed by atoms with van der Waals surface area (Å²) in [6.07, 6.45) is 1.28. The first-order valence-electron chi connectivity index (χ1n) is 6.39. The van der Waals surface area contributed by atoms with Crippen LogP contribution in [0.25, 0.3) is 0 Å². The molecule has 0 aliphatic carbocycles. The third-order valence-electron chi connectivity index (χ3n) is 2.29. The summed E-state index contributed by atoms with van der Waals surface area (Å²) in [4.78, 5) is 0. The van der Waals surface area contributed by atoms with Gasteiger partial charge in [-0.25, -0.2) is 4.39 Å². The maximum atomic E-state index is 12.8. The van der Waals surface area contributed by atoms with Gasteiger partial charge in [-0.1, -0.05) is 6.07 Å². The molecule has 18 heavy (non-hydrogen) atoms. The molecule has 0 heterocycles. The Morgan fingerprint density at radius 3 is 2.78 bits per heavy atom. The summed E-state index contributed by atoms with van der Waals surface area (Å²) in [7, 11) is 0. The number of hydrogen-bond donors (Lipinski definition) is 1. The van der Waals surface area contributed by atoms with Crippen LogP contribution in [0, 0.1) is 5.82 Å². The molecule has 0 saturated carbocycles. The average molecular weight is 255 g/mol. The molecule has 0 fully saturated rings. The molecular weight excluding hydrogens is 233 g/mol. The predicted molar refractivity (Wildman–Crippen MR) is 70.5 cm³/mol. The molecule has 4 heteroatoms. The topological polar surface area (TPSA) is 30.5 Å². The normalized spacial score (nSPS) is 10.9. The van der Waals surface area contributed by atoms with Gasteiger partial charge in [-0.05, 0) is 38.9 Å². The molecule has 3 nitrogen and oxygen atoms in total. The maximum absolute atomic E-state index is 12.8. The Hall–Kier alpha value is -1.13. The molecule has 1 aromatic carbocycles. The number of benzene rings is 1. The zero-order valence-corrected chi connectivity index (χ0v) is 11.1. The van der Waals surface area contributed by atoms with Crippen molar-refractivity contribution in [3.05, 3.63) is 30.1 Å². The Kier molecular flexibility index (Phi) is 7.37. The lowest BCUT2D eigenvalue weighted by molar-refractivity contribution is 0.0770. The molecule has 1 N–H and O–H groups in total. The van der Waals surface area contributed by atoms with Crippen LogP contribution in [-0.2, 0) is 4.74 Å². The number of hydrogen-bond acceptors (Lipinski definition) is 3. The quantitative estimate of drug-likeness (QED) is 0.688. The van der Waals surface area contributed by atoms with Crippen LogP contribution < -0.4 is 10.1 Å². The predicted octanol–water partition coefficient (Wildman–Crippen LogP) is 2.61. The molecule has 0 aliphatic heterocycles. The smallest absolute Gasteiger partial charge is 0.126 e. The van der Waals surface area contributed by atoms with Crippen LogP contribution >= 0.6 is 0 Å². The van der Waals surface area contributed by atoms with Crippen molar-refractivity contribution in [3.8, 4) is 5.75 Å². The average Bonchev–Trinajstić information content (AvgIpc) is 2.32. The lowest BCUT2D eigenvalue weighted by atomic mass is 10.3. The summed E-state index contributed by atoms with van der Waals surface area (Å²) in [6.45, 7) is 7.02. The van der Waals surface area contributed by atoms with E-state index in [1.165, 1.54) is 12.1 Å². The van der Waals surface area contributed by atoms with Crippen molar-refractivity contribution in [1.29, 1.82) is 0 Å². The first-order valence-corrected chi connectivity index (χ1v) is 6.39. The second kappa shape index (κ2) is 8.89. The van der Waals surface area contributed by atoms with Gasteiger partial charge in [0.15, 0.2) is 0 Å². The van der Waals surface area contributed by atoms with E-state index >= 15 is 0 Å². The molecule has 0 bridgehead atoms. The Morgan fingerprint density at radius 2 is 2.06 bits per heavy atom. The van der Waals surface area contributed by atoms with Gasteiger partial charge < -0.3 is 14.8 Å². The van der Waals surface area contributed by atoms with Crippen LogP contribution in [-0.4, -0.2) is 32.4 Å². The molecule has 0 atom stereocenters. The monoisotopic (exact) mass is 255 g/mol. The van der Waals surface area contributed by atoms with Crippen LogP contribution in [0.2, 0.25) is 0 Å². The van der Waals surface area contributed by atoms with E-state index < -0.39 is 0 Å². The molecule has 0 unspecified atom stereocenters. The lowest BCUT2D eigenvalue weighted by Crippen LogP contribution is -2.23. The van der Waals surface area contributed by atoms with Crippen molar-refractivity contribution in [2.45, 2.75) is 26.4 Å². The van der Waals surface area contributed by atoms with Crippen molar-refractivity contribution in [3.63, 3.8) is 0 Å². The largest absolute Gasteiger partial charge is 0.492 e. The van der Waals surface area contributed by atoms with Gasteiger partial charge in [0.25, 0.3) is 0 Å². The van der Waals surface area contributed by atoms with Gasteiger partial charge in [0.2, 0.25) is 0 Å². The minimum Gasteiger partial charge on any atom is -0.492 e. The Bertz CT molecular complexity index is 331. The minimum absolute atomic E-state index is 0.272. The number of nitrogens with one attached hydrogen (secondary N) is 1. The van der Waals surface area contributed by atoms with E-state index in [0.29, 0.717) is 18.5 Å². The summed E-state index contributed by atoms with van der Waals surface area (Å²) >= 11 is 0. The number of rotatable bonds is 9. The van der Waals surface area contributed by atoms with Gasteiger partial charge in [-0.3, -0.25) is 0 Å². The molecule has 0 aromatic heterocycles. The first-order chi connectivity index (χ1) is 8.68. The molecule has 102 valence electrons. The van der Waals surface area contributed by atoms with Gasteiger partial charge >= 0.3 is 0 Å². The summed E-state index contributed by atoms with van der Waals surface area (Å²) in [6, 6.07) is 6.18. The first kappa shape index (κ1) is 14.9. The molecule has 1 aromatic rings. The van der Waals surface area contributed by atoms with Gasteiger partial charge in [-0.15, -0.1) is 0 Å². The van der Waals surface area contributed by atoms with E-state index in [0.717, 1.165) is 26.1 Å². The summed E-state index contributed by atoms with van der Waals surface area (Å²) in [5.41, 5.74) is 0. The van der Waals surface area contributed by atoms with Crippen LogP contribution in [0.5, 0.6) is 5.75 Å². The second-order valence-corrected chi connectivity index (χ2v) is 4.33. The third-order valence-corrected chi connectivity index (χ3v) is 2.29. The van der Waals surface area contributed by atoms with Crippen LogP contribution in [0.4, 0.5) is 4.39 Å². The van der Waals surface area contributed by atoms with E-state index in [-0.39, 0.29) is 5.82 Å². The molecule has 0 amide bonds. The third kappa shape index (κ3) is 7.25. The molecule has 0 spiro atoms. The van der Waals surface area contributed by atoms with Crippen molar-refractivity contribution in [1.82, 2.24) is 5.32 Å². The zero-order chi connectivity index (χ0) is 13.2. The van der Waals surface area contributed by atoms with Crippen LogP contribution in [0.3, 0.4) is 0 Å². The highest BCUT2D eigenvalue weighted by molar-refractivity contribution is 5.22. The van der Waals surface area contributed by atoms with E-state index in [9.17, 15) is 4.39 Å². The second-order valence-electron chi connectivity index (χ2n) is 4.33. The Morgan fingerprint density at radius 1 is 1.22 bits per heavy atom. The Labute approximate surface area is 108 Å². The highest BCUT2D eigenvalue weighted by Gasteiger charge is 1.96. The summed E-state index contributed by atoms with van der Waals surface area (Å²) in [5, 5.41) is 3.25. The standard InChI is InChI=1S/C14H22FNO2/c1-12(2)17-9-4-7-16-8-10-18-14-6-3-5-13(15)11-14/h3,5-6,11-12,16H,4,7-10H2,1-2H3. The molecule has 0 aliphatic rings. The van der Waals surface area contributed by atoms with E-state index in [1.807, 2.05) is 13.8 Å². The van der Waals surface area contributed by atoms with Crippen molar-refractivity contribution < 1.29 is 13.9 Å². The van der Waals surface area contributed by atoms with Gasteiger partial charge in [-0.2, -0.15) is 0 Å². The molecular formula is C14H22FNO2. The van der Waals surface area contributed by atoms with Crippen molar-refractivity contribution in [2.75, 3.05) is 26.3 Å². The maximum Gasteiger partial charge on any atom is 0.126 e. The fraction of sp³-hybridized carbons (Fsp3) is 0.571. The van der Waals surface area contributed by atoms with Crippen LogP contribution in [0.15, 0.2) is 24.3 Å². The highest BCUT2D eigenvalue weighted by atomic mass is 19.1. The van der Waals surface area contributed by atoms with E-state index in [4.69, 9.17) is 9.47 Å². The highest BCUT2D eigenvalue weighted by Crippen LogP contribution is 2.11. The lowest BCUT2D eigenvalue weighted by Gasteiger charge is -2.09. The SMILES string of the molecule is CC(C)OCCCNCCOc1cccc(F)c1. The Balaban J connectivity index is 1.96. The van der Waals surface area contributed by atoms with Gasteiger partial charge in [0.1, 0.15) is 18.2 Å². The zero-order valence-electron chi connectivity index (χ0n) is 11.1. The molecule has 0 radical (unpaired) electrons. The minimum atomic E-state index is -0.272. The fourth-order valence-corrected chi connectivity index (χ4v) is 1.44. The van der Waals surface area contributed by atoms with Gasteiger partial charge in [0.05, 0.1) is 6.10 Å². The summed E-state index contributed by atoms with van der Waals surface area (Å²) < 4.78 is 23.7. The van der Waals surface area contributed by atoms with Crippen molar-refractivity contribution in [2.24, 2.45) is 0 Å². The molecule has 1 rings (SSSR count). The van der Waals surface area contributed by atoms with Crippen LogP contribution in [0.1, 0.15) is 20.3 Å². The van der Waals surface area contributed by atoms with E-state index in [2.05, 4.69) is 5.32 Å².